The summed E-state index contributed by atoms with van der Waals surface area (Å²) in [5.74, 6) is 0. The summed E-state index contributed by atoms with van der Waals surface area (Å²) in [4.78, 5) is 0. The van der Waals surface area contributed by atoms with E-state index in [4.69, 9.17) is 0 Å². The van der Waals surface area contributed by atoms with E-state index in [0.717, 1.165) is 0 Å². The van der Waals surface area contributed by atoms with Crippen molar-refractivity contribution in [1.82, 2.24) is 0 Å². The van der Waals surface area contributed by atoms with Crippen molar-refractivity contribution in [3.63, 3.8) is 0 Å². The zero-order valence-corrected chi connectivity index (χ0v) is 3.99. The Morgan fingerprint density at radius 2 is 2.29 bits per heavy atom. The number of hydrogen-bond donors (Lipinski definition) is 0. The summed E-state index contributed by atoms with van der Waals surface area (Å²) in [5, 5.41) is 0. The van der Waals surface area contributed by atoms with Gasteiger partial charge in [-0.15, -0.1) is 0 Å². The van der Waals surface area contributed by atoms with Gasteiger partial charge in [0, 0.05) is 0 Å². The molecule has 0 N–H and O–H groups in total. The second-order valence-electron chi connectivity index (χ2n) is 0.587. The summed E-state index contributed by atoms with van der Waals surface area (Å²) in [6.07, 6.45) is -1.89. The third kappa shape index (κ3) is 5.50. The maximum Gasteiger partial charge on any atom is 0.395 e. The van der Waals surface area contributed by atoms with Gasteiger partial charge in [-0.25, -0.2) is 4.57 Å². The smallest absolute Gasteiger partial charge is 0.395 e. The maximum atomic E-state index is 10.8. The zero-order chi connectivity index (χ0) is 5.70. The molecule has 0 radical (unpaired) electrons. The zero-order valence-electron chi connectivity index (χ0n) is 3.10. The molecule has 0 aliphatic heterocycles. The van der Waals surface area contributed by atoms with Crippen LogP contribution in [0.3, 0.4) is 0 Å². The van der Waals surface area contributed by atoms with E-state index >= 15 is 0 Å². The molecule has 5 heteroatoms. The quantitative estimate of drug-likeness (QED) is 0.417. The molecular formula is C2HF2O2P. The van der Waals surface area contributed by atoms with Gasteiger partial charge in [-0.3, -0.25) is 0 Å². The van der Waals surface area contributed by atoms with Crippen LogP contribution in [0.25, 0.3) is 0 Å². The predicted octanol–water partition coefficient (Wildman–Crippen LogP) is 1.95. The van der Waals surface area contributed by atoms with Crippen LogP contribution in [0.4, 0.5) is 8.78 Å². The predicted molar refractivity (Wildman–Crippen MR) is 19.0 cm³/mol. The molecule has 0 heterocycles. The molecule has 0 aromatic rings. The summed E-state index contributed by atoms with van der Waals surface area (Å²) in [6.45, 7) is 0. The van der Waals surface area contributed by atoms with Gasteiger partial charge in [-0.2, -0.15) is 8.78 Å². The van der Waals surface area contributed by atoms with Crippen molar-refractivity contribution in [2.45, 2.75) is 0 Å². The second kappa shape index (κ2) is 3.68. The molecule has 7 heavy (non-hydrogen) atoms. The van der Waals surface area contributed by atoms with Gasteiger partial charge in [-0.05, 0) is 0 Å². The second-order valence-corrected chi connectivity index (χ2v) is 0.947. The fraction of sp³-hybridized carbons (Fsp3) is 0. The molecule has 0 fully saturated rings. The van der Waals surface area contributed by atoms with Gasteiger partial charge >= 0.3 is 14.8 Å². The molecule has 0 amide bonds. The summed E-state index contributed by atoms with van der Waals surface area (Å²) < 4.78 is 34.4. The first-order valence-corrected chi connectivity index (χ1v) is 2.00. The summed E-state index contributed by atoms with van der Waals surface area (Å²) in [7, 11) is -0.766. The van der Waals surface area contributed by atoms with Gasteiger partial charge in [0.05, 0.1) is 0 Å². The average molecular weight is 126 g/mol. The highest BCUT2D eigenvalue weighted by Gasteiger charge is 1.83. The average Bonchev–Trinajstić information content (AvgIpc) is 1.61. The van der Waals surface area contributed by atoms with Crippen LogP contribution in [-0.4, -0.2) is 0 Å². The fourth-order valence-electron chi connectivity index (χ4n) is 0.0614. The monoisotopic (exact) mass is 126 g/mol. The first-order valence-electron chi connectivity index (χ1n) is 1.27. The molecule has 2 nitrogen and oxygen atoms in total. The van der Waals surface area contributed by atoms with E-state index in [1.165, 1.54) is 0 Å². The van der Waals surface area contributed by atoms with Crippen molar-refractivity contribution >= 4 is 8.69 Å². The van der Waals surface area contributed by atoms with E-state index < -0.39 is 14.8 Å². The molecule has 0 spiro atoms. The normalized spacial score (nSPS) is 8.29. The van der Waals surface area contributed by atoms with Crippen LogP contribution in [-0.2, 0) is 9.09 Å². The van der Waals surface area contributed by atoms with Crippen molar-refractivity contribution in [3.8, 4) is 0 Å². The summed E-state index contributed by atoms with van der Waals surface area (Å²) >= 11 is 0. The summed E-state index contributed by atoms with van der Waals surface area (Å²) in [6, 6.07) is 0. The number of hydrogen-bond acceptors (Lipinski definition) is 2. The van der Waals surface area contributed by atoms with Crippen LogP contribution < -0.4 is 0 Å². The number of rotatable bonds is 2. The Morgan fingerprint density at radius 1 is 1.71 bits per heavy atom. The lowest BCUT2D eigenvalue weighted by Gasteiger charge is -1.75. The summed E-state index contributed by atoms with van der Waals surface area (Å²) in [5.41, 5.74) is 0. The molecule has 0 saturated carbocycles. The lowest BCUT2D eigenvalue weighted by molar-refractivity contribution is 0.373. The lowest BCUT2D eigenvalue weighted by Crippen LogP contribution is -1.56. The molecule has 0 rings (SSSR count). The third-order valence-corrected chi connectivity index (χ3v) is 0.376. The van der Waals surface area contributed by atoms with Crippen LogP contribution in [0, 0.1) is 0 Å². The SMILES string of the molecule is O=POC=C(F)F. The number of halogens is 2. The minimum atomic E-state index is -2.00. The van der Waals surface area contributed by atoms with Crippen LogP contribution >= 0.6 is 8.69 Å². The third-order valence-electron chi connectivity index (χ3n) is 0.185. The van der Waals surface area contributed by atoms with Crippen LogP contribution in [0.1, 0.15) is 0 Å². The Morgan fingerprint density at radius 3 is 2.43 bits per heavy atom. The van der Waals surface area contributed by atoms with Gasteiger partial charge in [0.1, 0.15) is 0 Å². The van der Waals surface area contributed by atoms with Gasteiger partial charge in [0.25, 0.3) is 0 Å². The van der Waals surface area contributed by atoms with Gasteiger partial charge < -0.3 is 4.52 Å². The highest BCUT2D eigenvalue weighted by Crippen LogP contribution is 2.01. The van der Waals surface area contributed by atoms with E-state index in [2.05, 4.69) is 4.52 Å². The van der Waals surface area contributed by atoms with Crippen LogP contribution in [0.15, 0.2) is 12.3 Å². The van der Waals surface area contributed by atoms with Gasteiger partial charge in [-0.1, -0.05) is 0 Å². The molecule has 0 aliphatic rings. The van der Waals surface area contributed by atoms with Gasteiger partial charge in [0.15, 0.2) is 6.26 Å². The standard InChI is InChI=1S/C2HF2O2P/c3-2(4)1-6-7-5/h1H. The Balaban J connectivity index is 3.25. The fourth-order valence-corrected chi connectivity index (χ4v) is 0.184. The minimum Gasteiger partial charge on any atom is -0.410 e. The van der Waals surface area contributed by atoms with E-state index in [0.29, 0.717) is 0 Å². The van der Waals surface area contributed by atoms with Crippen molar-refractivity contribution in [3.05, 3.63) is 12.3 Å². The largest absolute Gasteiger partial charge is 0.410 e. The Kier molecular flexibility index (Phi) is 3.42. The molecule has 0 aliphatic carbocycles. The first-order chi connectivity index (χ1) is 3.27. The van der Waals surface area contributed by atoms with Crippen molar-refractivity contribution < 1.29 is 17.9 Å². The molecule has 40 valence electrons. The van der Waals surface area contributed by atoms with E-state index in [9.17, 15) is 13.3 Å². The molecule has 0 unspecified atom stereocenters. The highest BCUT2D eigenvalue weighted by molar-refractivity contribution is 7.17. The molecular weight excluding hydrogens is 125 g/mol. The molecule has 0 aromatic heterocycles. The Hall–Kier alpha value is -0.500. The van der Waals surface area contributed by atoms with Crippen molar-refractivity contribution in [2.75, 3.05) is 0 Å². The molecule has 0 saturated heterocycles. The first kappa shape index (κ1) is 6.50. The Bertz CT molecular complexity index is 87.7. The molecule has 0 atom stereocenters. The maximum absolute atomic E-state index is 10.8. The van der Waals surface area contributed by atoms with E-state index in [1.54, 1.807) is 0 Å². The molecule has 0 aromatic carbocycles. The van der Waals surface area contributed by atoms with E-state index in [-0.39, 0.29) is 6.26 Å². The Labute approximate surface area is 40.1 Å². The van der Waals surface area contributed by atoms with Crippen LogP contribution in [0.5, 0.6) is 0 Å². The van der Waals surface area contributed by atoms with Gasteiger partial charge in [0.2, 0.25) is 0 Å². The molecule has 0 bridgehead atoms. The lowest BCUT2D eigenvalue weighted by atomic mass is 11.1. The minimum absolute atomic E-state index is 0.106. The highest BCUT2D eigenvalue weighted by atomic mass is 31.1. The van der Waals surface area contributed by atoms with Crippen molar-refractivity contribution in [1.29, 1.82) is 0 Å². The van der Waals surface area contributed by atoms with Crippen molar-refractivity contribution in [2.24, 2.45) is 0 Å². The van der Waals surface area contributed by atoms with Crippen LogP contribution in [0.2, 0.25) is 0 Å². The topological polar surface area (TPSA) is 26.3 Å². The van der Waals surface area contributed by atoms with E-state index in [1.807, 2.05) is 0 Å².